The minimum Gasteiger partial charge on any atom is -0.454 e. The lowest BCUT2D eigenvalue weighted by Gasteiger charge is -2.05. The predicted octanol–water partition coefficient (Wildman–Crippen LogP) is 2.30. The Morgan fingerprint density at radius 2 is 1.12 bits per heavy atom. The van der Waals surface area contributed by atoms with Gasteiger partial charge in [-0.15, -0.1) is 0 Å². The molecular weight excluding hydrogens is 416 g/mol. The van der Waals surface area contributed by atoms with Gasteiger partial charge in [-0.05, 0) is 50.2 Å². The van der Waals surface area contributed by atoms with E-state index in [0.29, 0.717) is 34.4 Å². The topological polar surface area (TPSA) is 120 Å². The van der Waals surface area contributed by atoms with E-state index in [1.54, 1.807) is 38.1 Å². The van der Waals surface area contributed by atoms with Gasteiger partial charge in [-0.3, -0.25) is 9.59 Å². The summed E-state index contributed by atoms with van der Waals surface area (Å²) in [7, 11) is 0. The zero-order chi connectivity index (χ0) is 22.5. The normalized spacial score (nSPS) is 14.3. The van der Waals surface area contributed by atoms with Crippen molar-refractivity contribution in [2.75, 3.05) is 13.6 Å². The number of benzene rings is 2. The molecule has 0 aromatic heterocycles. The number of hydrazone groups is 2. The van der Waals surface area contributed by atoms with Crippen LogP contribution in [0, 0.1) is 0 Å². The number of carbonyl (C=O) groups is 2. The van der Waals surface area contributed by atoms with Gasteiger partial charge in [0.15, 0.2) is 23.0 Å². The Bertz CT molecular complexity index is 1020. The SMILES string of the molecule is C/C(=N\NC(=O)CCC(=O)N/N=C(\C)c1ccc2c(c1)OCO2)c1ccc2c(c1)OCO2. The number of nitrogens with one attached hydrogen (secondary N) is 2. The molecule has 0 unspecified atom stereocenters. The molecule has 2 aromatic rings. The number of amides is 2. The number of carbonyl (C=O) groups excluding carboxylic acids is 2. The smallest absolute Gasteiger partial charge is 0.240 e. The summed E-state index contributed by atoms with van der Waals surface area (Å²) in [5.74, 6) is 1.86. The summed E-state index contributed by atoms with van der Waals surface area (Å²) in [6.07, 6.45) is -0.0509. The third kappa shape index (κ3) is 4.97. The Morgan fingerprint density at radius 1 is 0.719 bits per heavy atom. The Morgan fingerprint density at radius 3 is 1.56 bits per heavy atom. The van der Waals surface area contributed by atoms with E-state index in [1.165, 1.54) is 0 Å². The van der Waals surface area contributed by atoms with Crippen molar-refractivity contribution in [3.8, 4) is 23.0 Å². The third-order valence-electron chi connectivity index (χ3n) is 4.86. The summed E-state index contributed by atoms with van der Waals surface area (Å²) in [4.78, 5) is 24.1. The molecular formula is C22H22N4O6. The number of nitrogens with zero attached hydrogens (tertiary/aromatic N) is 2. The number of rotatable bonds is 7. The van der Waals surface area contributed by atoms with Crippen LogP contribution in [0.3, 0.4) is 0 Å². The van der Waals surface area contributed by atoms with E-state index in [2.05, 4.69) is 21.1 Å². The summed E-state index contributed by atoms with van der Waals surface area (Å²) in [6, 6.07) is 10.8. The van der Waals surface area contributed by atoms with Crippen LogP contribution in [0.15, 0.2) is 46.6 Å². The molecule has 0 aliphatic carbocycles. The van der Waals surface area contributed by atoms with Gasteiger partial charge < -0.3 is 18.9 Å². The fraction of sp³-hybridized carbons (Fsp3) is 0.273. The number of ether oxygens (including phenoxy) is 4. The fourth-order valence-electron chi connectivity index (χ4n) is 3.00. The molecule has 0 spiro atoms. The van der Waals surface area contributed by atoms with Crippen molar-refractivity contribution in [1.29, 1.82) is 0 Å². The second kappa shape index (κ2) is 9.38. The number of fused-ring (bicyclic) bond motifs is 2. The van der Waals surface area contributed by atoms with Crippen LogP contribution in [-0.4, -0.2) is 36.8 Å². The summed E-state index contributed by atoms with van der Waals surface area (Å²) in [5.41, 5.74) is 7.70. The Kier molecular flexibility index (Phi) is 6.20. The molecule has 32 heavy (non-hydrogen) atoms. The van der Waals surface area contributed by atoms with Crippen LogP contribution < -0.4 is 29.8 Å². The maximum Gasteiger partial charge on any atom is 0.240 e. The molecule has 10 heteroatoms. The molecule has 2 amide bonds. The molecule has 0 atom stereocenters. The highest BCUT2D eigenvalue weighted by Gasteiger charge is 2.15. The Balaban J connectivity index is 1.23. The van der Waals surface area contributed by atoms with Gasteiger partial charge in [0, 0.05) is 24.0 Å². The molecule has 2 heterocycles. The zero-order valence-electron chi connectivity index (χ0n) is 17.6. The fourth-order valence-corrected chi connectivity index (χ4v) is 3.00. The van der Waals surface area contributed by atoms with E-state index >= 15 is 0 Å². The van der Waals surface area contributed by atoms with Crippen molar-refractivity contribution in [3.63, 3.8) is 0 Å². The number of hydrogen-bond acceptors (Lipinski definition) is 8. The van der Waals surface area contributed by atoms with Crippen LogP contribution in [0.25, 0.3) is 0 Å². The van der Waals surface area contributed by atoms with Gasteiger partial charge in [0.2, 0.25) is 25.4 Å². The van der Waals surface area contributed by atoms with E-state index in [0.717, 1.165) is 11.1 Å². The average Bonchev–Trinajstić information content (AvgIpc) is 3.47. The van der Waals surface area contributed by atoms with Gasteiger partial charge >= 0.3 is 0 Å². The largest absolute Gasteiger partial charge is 0.454 e. The second-order valence-electron chi connectivity index (χ2n) is 7.10. The Labute approximate surface area is 184 Å². The molecule has 2 N–H and O–H groups in total. The lowest BCUT2D eigenvalue weighted by molar-refractivity contribution is -0.126. The van der Waals surface area contributed by atoms with E-state index in [9.17, 15) is 9.59 Å². The molecule has 2 aromatic carbocycles. The molecule has 4 rings (SSSR count). The molecule has 166 valence electrons. The van der Waals surface area contributed by atoms with Crippen LogP contribution >= 0.6 is 0 Å². The molecule has 10 nitrogen and oxygen atoms in total. The van der Waals surface area contributed by atoms with Crippen LogP contribution in [0.5, 0.6) is 23.0 Å². The average molecular weight is 438 g/mol. The van der Waals surface area contributed by atoms with Crippen LogP contribution in [0.1, 0.15) is 37.8 Å². The highest BCUT2D eigenvalue weighted by Crippen LogP contribution is 2.33. The molecule has 0 bridgehead atoms. The highest BCUT2D eigenvalue weighted by molar-refractivity contribution is 6.00. The second-order valence-corrected chi connectivity index (χ2v) is 7.10. The first-order valence-electron chi connectivity index (χ1n) is 9.96. The summed E-state index contributed by atoms with van der Waals surface area (Å²) in [5, 5.41) is 8.16. The van der Waals surface area contributed by atoms with Crippen molar-refractivity contribution < 1.29 is 28.5 Å². The van der Waals surface area contributed by atoms with Crippen LogP contribution in [-0.2, 0) is 9.59 Å². The lowest BCUT2D eigenvalue weighted by atomic mass is 10.1. The molecule has 0 saturated heterocycles. The van der Waals surface area contributed by atoms with Crippen molar-refractivity contribution >= 4 is 23.2 Å². The first-order chi connectivity index (χ1) is 15.5. The minimum atomic E-state index is -0.378. The predicted molar refractivity (Wildman–Crippen MR) is 115 cm³/mol. The molecule has 0 fully saturated rings. The van der Waals surface area contributed by atoms with Crippen molar-refractivity contribution in [2.24, 2.45) is 10.2 Å². The van der Waals surface area contributed by atoms with Gasteiger partial charge in [-0.25, -0.2) is 10.9 Å². The third-order valence-corrected chi connectivity index (χ3v) is 4.86. The minimum absolute atomic E-state index is 0.0255. The van der Waals surface area contributed by atoms with Crippen molar-refractivity contribution in [2.45, 2.75) is 26.7 Å². The van der Waals surface area contributed by atoms with E-state index in [-0.39, 0.29) is 38.2 Å². The quantitative estimate of drug-likeness (QED) is 0.506. The first kappa shape index (κ1) is 21.2. The standard InChI is InChI=1S/C22H22N4O6/c1-13(15-3-5-17-19(9-15)31-11-29-17)23-25-21(27)7-8-22(28)26-24-14(2)16-4-6-18-20(10-16)32-12-30-18/h3-6,9-10H,7-8,11-12H2,1-2H3,(H,25,27)(H,26,28)/b23-13+,24-14+. The lowest BCUT2D eigenvalue weighted by Crippen LogP contribution is -2.24. The van der Waals surface area contributed by atoms with Gasteiger partial charge in [0.25, 0.3) is 0 Å². The number of hydrogen-bond donors (Lipinski definition) is 2. The van der Waals surface area contributed by atoms with E-state index < -0.39 is 0 Å². The first-order valence-corrected chi connectivity index (χ1v) is 9.96. The van der Waals surface area contributed by atoms with Gasteiger partial charge in [0.1, 0.15) is 0 Å². The van der Waals surface area contributed by atoms with Crippen LogP contribution in [0.2, 0.25) is 0 Å². The highest BCUT2D eigenvalue weighted by atomic mass is 16.7. The molecule has 0 saturated carbocycles. The molecule has 2 aliphatic heterocycles. The van der Waals surface area contributed by atoms with Crippen LogP contribution in [0.4, 0.5) is 0 Å². The molecule has 2 aliphatic rings. The van der Waals surface area contributed by atoms with Gasteiger partial charge in [-0.1, -0.05) is 0 Å². The van der Waals surface area contributed by atoms with Crippen molar-refractivity contribution in [1.82, 2.24) is 10.9 Å². The van der Waals surface area contributed by atoms with Gasteiger partial charge in [0.05, 0.1) is 11.4 Å². The van der Waals surface area contributed by atoms with Gasteiger partial charge in [-0.2, -0.15) is 10.2 Å². The Hall–Kier alpha value is -4.08. The summed E-state index contributed by atoms with van der Waals surface area (Å²) < 4.78 is 21.2. The summed E-state index contributed by atoms with van der Waals surface area (Å²) >= 11 is 0. The zero-order valence-corrected chi connectivity index (χ0v) is 17.6. The molecule has 0 radical (unpaired) electrons. The summed E-state index contributed by atoms with van der Waals surface area (Å²) in [6.45, 7) is 3.90. The van der Waals surface area contributed by atoms with E-state index in [4.69, 9.17) is 18.9 Å². The van der Waals surface area contributed by atoms with Crippen molar-refractivity contribution in [3.05, 3.63) is 47.5 Å². The monoisotopic (exact) mass is 438 g/mol. The maximum absolute atomic E-state index is 12.0. The van der Waals surface area contributed by atoms with E-state index in [1.807, 2.05) is 12.1 Å². The maximum atomic E-state index is 12.0.